The molecule has 1 aliphatic rings. The van der Waals surface area contributed by atoms with Crippen LogP contribution in [0.5, 0.6) is 0 Å². The third-order valence-corrected chi connectivity index (χ3v) is 5.66. The van der Waals surface area contributed by atoms with E-state index in [0.29, 0.717) is 6.54 Å². The SMILES string of the molecule is CN=C(NCCc1nc(C)c(C)s1)NCc1nnc2n1CCCCC2. The van der Waals surface area contributed by atoms with E-state index in [1.165, 1.54) is 29.1 Å². The van der Waals surface area contributed by atoms with Gasteiger partial charge in [0.05, 0.1) is 17.2 Å². The lowest BCUT2D eigenvalue weighted by Crippen LogP contribution is -2.38. The molecule has 25 heavy (non-hydrogen) atoms. The van der Waals surface area contributed by atoms with Crippen LogP contribution >= 0.6 is 11.3 Å². The third kappa shape index (κ3) is 4.56. The molecule has 0 saturated carbocycles. The fraction of sp³-hybridized carbons (Fsp3) is 0.647. The van der Waals surface area contributed by atoms with Gasteiger partial charge in [0.1, 0.15) is 5.82 Å². The van der Waals surface area contributed by atoms with E-state index < -0.39 is 0 Å². The Morgan fingerprint density at radius 3 is 2.84 bits per heavy atom. The number of aryl methyl sites for hydroxylation is 3. The molecule has 2 aromatic rings. The Morgan fingerprint density at radius 2 is 2.08 bits per heavy atom. The average Bonchev–Trinajstić information content (AvgIpc) is 3.04. The van der Waals surface area contributed by atoms with Gasteiger partial charge in [0.15, 0.2) is 11.8 Å². The van der Waals surface area contributed by atoms with Crippen LogP contribution < -0.4 is 10.6 Å². The maximum atomic E-state index is 4.57. The maximum Gasteiger partial charge on any atom is 0.191 e. The summed E-state index contributed by atoms with van der Waals surface area (Å²) in [6, 6.07) is 0. The van der Waals surface area contributed by atoms with Crippen LogP contribution in [-0.2, 0) is 25.9 Å². The molecule has 0 aromatic carbocycles. The zero-order chi connectivity index (χ0) is 17.6. The molecule has 0 fully saturated rings. The molecule has 7 nitrogen and oxygen atoms in total. The molecular weight excluding hydrogens is 334 g/mol. The number of fused-ring (bicyclic) bond motifs is 1. The lowest BCUT2D eigenvalue weighted by Gasteiger charge is -2.12. The van der Waals surface area contributed by atoms with E-state index in [1.54, 1.807) is 18.4 Å². The molecule has 0 saturated heterocycles. The zero-order valence-corrected chi connectivity index (χ0v) is 16.1. The molecule has 0 spiro atoms. The Balaban J connectivity index is 1.49. The summed E-state index contributed by atoms with van der Waals surface area (Å²) in [6.45, 7) is 6.65. The van der Waals surface area contributed by atoms with E-state index in [1.807, 2.05) is 0 Å². The van der Waals surface area contributed by atoms with E-state index in [4.69, 9.17) is 0 Å². The molecule has 0 amide bonds. The monoisotopic (exact) mass is 361 g/mol. The number of aliphatic imine (C=N–C) groups is 1. The van der Waals surface area contributed by atoms with Crippen LogP contribution in [0, 0.1) is 13.8 Å². The highest BCUT2D eigenvalue weighted by atomic mass is 32.1. The van der Waals surface area contributed by atoms with Gasteiger partial charge < -0.3 is 15.2 Å². The maximum absolute atomic E-state index is 4.57. The molecule has 2 N–H and O–H groups in total. The standard InChI is InChI=1S/C17H27N7S/c1-12-13(2)25-16(21-12)8-9-19-17(18-3)20-11-15-23-22-14-7-5-4-6-10-24(14)15/h4-11H2,1-3H3,(H2,18,19,20). The van der Waals surface area contributed by atoms with Crippen molar-refractivity contribution in [3.05, 3.63) is 27.2 Å². The highest BCUT2D eigenvalue weighted by Crippen LogP contribution is 2.16. The molecule has 3 rings (SSSR count). The fourth-order valence-corrected chi connectivity index (χ4v) is 3.93. The molecule has 0 atom stereocenters. The van der Waals surface area contributed by atoms with Crippen LogP contribution in [0.1, 0.15) is 46.5 Å². The molecule has 0 unspecified atom stereocenters. The van der Waals surface area contributed by atoms with Gasteiger partial charge in [-0.05, 0) is 26.7 Å². The van der Waals surface area contributed by atoms with Gasteiger partial charge in [-0.25, -0.2) is 4.98 Å². The first-order chi connectivity index (χ1) is 12.2. The summed E-state index contributed by atoms with van der Waals surface area (Å²) >= 11 is 1.77. The Morgan fingerprint density at radius 1 is 1.20 bits per heavy atom. The first-order valence-electron chi connectivity index (χ1n) is 8.95. The largest absolute Gasteiger partial charge is 0.356 e. The number of rotatable bonds is 5. The number of hydrogen-bond donors (Lipinski definition) is 2. The second kappa shape index (κ2) is 8.42. The van der Waals surface area contributed by atoms with Gasteiger partial charge in [-0.1, -0.05) is 6.42 Å². The molecule has 8 heteroatoms. The predicted octanol–water partition coefficient (Wildman–Crippen LogP) is 1.99. The Bertz CT molecular complexity index is 712. The number of nitrogens with one attached hydrogen (secondary N) is 2. The molecule has 2 aromatic heterocycles. The number of nitrogens with zero attached hydrogens (tertiary/aromatic N) is 5. The van der Waals surface area contributed by atoms with Crippen molar-refractivity contribution in [2.45, 2.75) is 59.0 Å². The Hall–Kier alpha value is -1.96. The second-order valence-electron chi connectivity index (χ2n) is 6.35. The minimum atomic E-state index is 0.641. The van der Waals surface area contributed by atoms with Crippen LogP contribution in [0.2, 0.25) is 0 Å². The first kappa shape index (κ1) is 17.8. The van der Waals surface area contributed by atoms with Gasteiger partial charge in [0, 0.05) is 37.9 Å². The van der Waals surface area contributed by atoms with E-state index in [-0.39, 0.29) is 0 Å². The summed E-state index contributed by atoms with van der Waals surface area (Å²) in [6.07, 6.45) is 5.63. The highest BCUT2D eigenvalue weighted by molar-refractivity contribution is 7.11. The van der Waals surface area contributed by atoms with Gasteiger partial charge in [-0.3, -0.25) is 4.99 Å². The van der Waals surface area contributed by atoms with Crippen LogP contribution in [0.4, 0.5) is 0 Å². The van der Waals surface area contributed by atoms with E-state index in [9.17, 15) is 0 Å². The number of guanidine groups is 1. The average molecular weight is 362 g/mol. The van der Waals surface area contributed by atoms with Crippen molar-refractivity contribution in [2.24, 2.45) is 4.99 Å². The van der Waals surface area contributed by atoms with Gasteiger partial charge in [-0.15, -0.1) is 21.5 Å². The topological polar surface area (TPSA) is 80.0 Å². The summed E-state index contributed by atoms with van der Waals surface area (Å²) in [5, 5.41) is 16.5. The van der Waals surface area contributed by atoms with Crippen molar-refractivity contribution in [1.82, 2.24) is 30.4 Å². The van der Waals surface area contributed by atoms with Crippen molar-refractivity contribution in [3.8, 4) is 0 Å². The molecule has 136 valence electrons. The molecule has 3 heterocycles. The van der Waals surface area contributed by atoms with Gasteiger partial charge in [0.25, 0.3) is 0 Å². The lowest BCUT2D eigenvalue weighted by atomic mass is 10.2. The quantitative estimate of drug-likeness (QED) is 0.629. The van der Waals surface area contributed by atoms with E-state index in [2.05, 4.69) is 49.2 Å². The molecule has 1 aliphatic heterocycles. The van der Waals surface area contributed by atoms with Crippen LogP contribution in [0.15, 0.2) is 4.99 Å². The van der Waals surface area contributed by atoms with Crippen LogP contribution in [-0.4, -0.2) is 39.3 Å². The third-order valence-electron chi connectivity index (χ3n) is 4.53. The fourth-order valence-electron chi connectivity index (χ4n) is 2.99. The van der Waals surface area contributed by atoms with E-state index in [0.717, 1.165) is 49.2 Å². The van der Waals surface area contributed by atoms with Gasteiger partial charge in [0.2, 0.25) is 0 Å². The van der Waals surface area contributed by atoms with E-state index >= 15 is 0 Å². The lowest BCUT2D eigenvalue weighted by molar-refractivity contribution is 0.596. The normalized spacial score (nSPS) is 14.9. The molecular formula is C17H27N7S. The van der Waals surface area contributed by atoms with Gasteiger partial charge >= 0.3 is 0 Å². The minimum absolute atomic E-state index is 0.641. The molecule has 0 radical (unpaired) electrons. The van der Waals surface area contributed by atoms with Crippen molar-refractivity contribution >= 4 is 17.3 Å². The predicted molar refractivity (Wildman–Crippen MR) is 101 cm³/mol. The summed E-state index contributed by atoms with van der Waals surface area (Å²) in [4.78, 5) is 10.2. The van der Waals surface area contributed by atoms with Crippen molar-refractivity contribution in [3.63, 3.8) is 0 Å². The second-order valence-corrected chi connectivity index (χ2v) is 7.63. The summed E-state index contributed by atoms with van der Waals surface area (Å²) in [5.74, 6) is 2.90. The number of aromatic nitrogens is 4. The number of thiazole rings is 1. The van der Waals surface area contributed by atoms with Crippen LogP contribution in [0.25, 0.3) is 0 Å². The molecule has 0 aliphatic carbocycles. The number of hydrogen-bond acceptors (Lipinski definition) is 5. The zero-order valence-electron chi connectivity index (χ0n) is 15.3. The highest BCUT2D eigenvalue weighted by Gasteiger charge is 2.14. The molecule has 0 bridgehead atoms. The summed E-state index contributed by atoms with van der Waals surface area (Å²) in [7, 11) is 1.79. The Kier molecular flexibility index (Phi) is 6.01. The Labute approximate surface area is 153 Å². The van der Waals surface area contributed by atoms with Crippen LogP contribution in [0.3, 0.4) is 0 Å². The van der Waals surface area contributed by atoms with Crippen molar-refractivity contribution in [2.75, 3.05) is 13.6 Å². The van der Waals surface area contributed by atoms with Crippen molar-refractivity contribution in [1.29, 1.82) is 0 Å². The van der Waals surface area contributed by atoms with Gasteiger partial charge in [-0.2, -0.15) is 0 Å². The van der Waals surface area contributed by atoms with Crippen molar-refractivity contribution < 1.29 is 0 Å². The summed E-state index contributed by atoms with van der Waals surface area (Å²) in [5.41, 5.74) is 1.13. The smallest absolute Gasteiger partial charge is 0.191 e. The summed E-state index contributed by atoms with van der Waals surface area (Å²) < 4.78 is 2.26. The first-order valence-corrected chi connectivity index (χ1v) is 9.77. The minimum Gasteiger partial charge on any atom is -0.356 e.